The third kappa shape index (κ3) is 2.37. The van der Waals surface area contributed by atoms with Crippen LogP contribution in [0.5, 0.6) is 0 Å². The number of ketones is 1. The average molecular weight is 272 g/mol. The van der Waals surface area contributed by atoms with E-state index in [-0.39, 0.29) is 12.2 Å². The van der Waals surface area contributed by atoms with Crippen molar-refractivity contribution in [2.45, 2.75) is 6.42 Å². The zero-order chi connectivity index (χ0) is 13.2. The monoisotopic (exact) mass is 271 g/mol. The van der Waals surface area contributed by atoms with Gasteiger partial charge in [-0.2, -0.15) is 0 Å². The lowest BCUT2D eigenvalue weighted by Crippen LogP contribution is -2.01. The quantitative estimate of drug-likeness (QED) is 0.679. The Hall–Kier alpha value is -2.13. The number of halogens is 1. The smallest absolute Gasteiger partial charge is 0.202 e. The van der Waals surface area contributed by atoms with Crippen LogP contribution in [0.3, 0.4) is 0 Å². The van der Waals surface area contributed by atoms with Crippen LogP contribution in [0.4, 0.5) is 0 Å². The molecule has 94 valence electrons. The van der Waals surface area contributed by atoms with E-state index in [1.807, 2.05) is 18.2 Å². The number of aromatic nitrogens is 1. The van der Waals surface area contributed by atoms with Crippen molar-refractivity contribution in [2.24, 2.45) is 0 Å². The molecule has 2 aromatic heterocycles. The first-order valence-corrected chi connectivity index (χ1v) is 6.22. The van der Waals surface area contributed by atoms with E-state index < -0.39 is 0 Å². The van der Waals surface area contributed by atoms with E-state index in [4.69, 9.17) is 16.0 Å². The highest BCUT2D eigenvalue weighted by atomic mass is 35.5. The number of hydrogen-bond donors (Lipinski definition) is 0. The Labute approximate surface area is 114 Å². The van der Waals surface area contributed by atoms with Crippen LogP contribution in [0.2, 0.25) is 5.02 Å². The molecule has 0 aliphatic heterocycles. The molecule has 0 aliphatic rings. The molecular weight excluding hydrogens is 262 g/mol. The Bertz CT molecular complexity index is 734. The zero-order valence-corrected chi connectivity index (χ0v) is 10.7. The van der Waals surface area contributed by atoms with Gasteiger partial charge in [-0.3, -0.25) is 9.78 Å². The number of pyridine rings is 1. The molecular formula is C15H10ClNO2. The molecule has 19 heavy (non-hydrogen) atoms. The molecule has 3 aromatic rings. The minimum atomic E-state index is -0.0831. The average Bonchev–Trinajstić information content (AvgIpc) is 2.85. The summed E-state index contributed by atoms with van der Waals surface area (Å²) in [5.74, 6) is 0.243. The van der Waals surface area contributed by atoms with Gasteiger partial charge < -0.3 is 4.42 Å². The number of carbonyl (C=O) groups is 1. The fourth-order valence-electron chi connectivity index (χ4n) is 1.94. The standard InChI is InChI=1S/C15H10ClNO2/c16-12-5-1-4-11-8-14(19-15(11)12)13(18)7-10-3-2-6-17-9-10/h1-6,8-9H,7H2. The second-order valence-electron chi connectivity index (χ2n) is 4.23. The first-order valence-electron chi connectivity index (χ1n) is 5.84. The number of furan rings is 1. The molecule has 0 bridgehead atoms. The molecule has 3 nitrogen and oxygen atoms in total. The van der Waals surface area contributed by atoms with E-state index in [9.17, 15) is 4.79 Å². The number of hydrogen-bond acceptors (Lipinski definition) is 3. The van der Waals surface area contributed by atoms with Crippen LogP contribution in [-0.4, -0.2) is 10.8 Å². The van der Waals surface area contributed by atoms with E-state index in [0.29, 0.717) is 16.4 Å². The predicted molar refractivity (Wildman–Crippen MR) is 73.5 cm³/mol. The lowest BCUT2D eigenvalue weighted by molar-refractivity contribution is 0.0968. The van der Waals surface area contributed by atoms with Gasteiger partial charge in [0.1, 0.15) is 0 Å². The highest BCUT2D eigenvalue weighted by Crippen LogP contribution is 2.27. The fraction of sp³-hybridized carbons (Fsp3) is 0.0667. The molecule has 0 aliphatic carbocycles. The number of carbonyl (C=O) groups excluding carboxylic acids is 1. The van der Waals surface area contributed by atoms with Crippen LogP contribution in [-0.2, 0) is 6.42 Å². The molecule has 0 atom stereocenters. The minimum absolute atomic E-state index is 0.0831. The van der Waals surface area contributed by atoms with Crippen LogP contribution in [0.1, 0.15) is 16.1 Å². The highest BCUT2D eigenvalue weighted by Gasteiger charge is 2.14. The second-order valence-corrected chi connectivity index (χ2v) is 4.64. The first kappa shape index (κ1) is 11.9. The van der Waals surface area contributed by atoms with E-state index in [2.05, 4.69) is 4.98 Å². The van der Waals surface area contributed by atoms with Gasteiger partial charge in [0.05, 0.1) is 5.02 Å². The van der Waals surface area contributed by atoms with Gasteiger partial charge >= 0.3 is 0 Å². The molecule has 0 fully saturated rings. The van der Waals surface area contributed by atoms with Crippen molar-refractivity contribution in [3.8, 4) is 0 Å². The van der Waals surface area contributed by atoms with Gasteiger partial charge in [0, 0.05) is 24.2 Å². The highest BCUT2D eigenvalue weighted by molar-refractivity contribution is 6.34. The van der Waals surface area contributed by atoms with E-state index in [0.717, 1.165) is 10.9 Å². The van der Waals surface area contributed by atoms with Crippen LogP contribution < -0.4 is 0 Å². The summed E-state index contributed by atoms with van der Waals surface area (Å²) in [5.41, 5.74) is 1.41. The zero-order valence-electron chi connectivity index (χ0n) is 9.97. The molecule has 0 saturated carbocycles. The van der Waals surface area contributed by atoms with Crippen molar-refractivity contribution in [1.29, 1.82) is 0 Å². The van der Waals surface area contributed by atoms with Gasteiger partial charge in [-0.15, -0.1) is 0 Å². The Morgan fingerprint density at radius 1 is 1.26 bits per heavy atom. The summed E-state index contributed by atoms with van der Waals surface area (Å²) in [5, 5.41) is 1.35. The maximum absolute atomic E-state index is 12.1. The van der Waals surface area contributed by atoms with Gasteiger partial charge in [0.25, 0.3) is 0 Å². The van der Waals surface area contributed by atoms with E-state index >= 15 is 0 Å². The Balaban J connectivity index is 1.92. The summed E-state index contributed by atoms with van der Waals surface area (Å²) in [4.78, 5) is 16.1. The van der Waals surface area contributed by atoms with Crippen molar-refractivity contribution in [3.63, 3.8) is 0 Å². The lowest BCUT2D eigenvalue weighted by atomic mass is 10.1. The SMILES string of the molecule is O=C(Cc1cccnc1)c1cc2cccc(Cl)c2o1. The van der Waals surface area contributed by atoms with Crippen molar-refractivity contribution >= 4 is 28.4 Å². The van der Waals surface area contributed by atoms with Crippen LogP contribution in [0.25, 0.3) is 11.0 Å². The summed E-state index contributed by atoms with van der Waals surface area (Å²) in [6, 6.07) is 10.8. The molecule has 2 heterocycles. The van der Waals surface area contributed by atoms with Gasteiger partial charge in [0.2, 0.25) is 5.78 Å². The maximum Gasteiger partial charge on any atom is 0.202 e. The van der Waals surface area contributed by atoms with Crippen LogP contribution in [0, 0.1) is 0 Å². The molecule has 0 amide bonds. The normalized spacial score (nSPS) is 10.8. The van der Waals surface area contributed by atoms with Crippen molar-refractivity contribution in [2.75, 3.05) is 0 Å². The molecule has 0 saturated heterocycles. The lowest BCUT2D eigenvalue weighted by Gasteiger charge is -1.97. The Morgan fingerprint density at radius 3 is 2.89 bits per heavy atom. The molecule has 0 spiro atoms. The van der Waals surface area contributed by atoms with Crippen molar-refractivity contribution in [3.05, 3.63) is 65.1 Å². The van der Waals surface area contributed by atoms with E-state index in [1.54, 1.807) is 30.6 Å². The third-order valence-electron chi connectivity index (χ3n) is 2.86. The van der Waals surface area contributed by atoms with Gasteiger partial charge in [-0.1, -0.05) is 29.8 Å². The molecule has 0 N–H and O–H groups in total. The molecule has 4 heteroatoms. The van der Waals surface area contributed by atoms with Crippen molar-refractivity contribution in [1.82, 2.24) is 4.98 Å². The maximum atomic E-state index is 12.1. The second kappa shape index (κ2) is 4.86. The Morgan fingerprint density at radius 2 is 2.16 bits per heavy atom. The number of benzene rings is 1. The topological polar surface area (TPSA) is 43.1 Å². The Kier molecular flexibility index (Phi) is 3.05. The summed E-state index contributed by atoms with van der Waals surface area (Å²) >= 11 is 6.02. The molecule has 3 rings (SSSR count). The van der Waals surface area contributed by atoms with E-state index in [1.165, 1.54) is 0 Å². The number of fused-ring (bicyclic) bond motifs is 1. The van der Waals surface area contributed by atoms with Gasteiger partial charge in [-0.25, -0.2) is 0 Å². The first-order chi connectivity index (χ1) is 9.24. The number of Topliss-reactive ketones (excluding diaryl/α,β-unsaturated/α-hetero) is 1. The van der Waals surface area contributed by atoms with Crippen LogP contribution in [0.15, 0.2) is 53.2 Å². The number of rotatable bonds is 3. The van der Waals surface area contributed by atoms with Crippen LogP contribution >= 0.6 is 11.6 Å². The minimum Gasteiger partial charge on any atom is -0.451 e. The van der Waals surface area contributed by atoms with Gasteiger partial charge in [-0.05, 0) is 23.8 Å². The summed E-state index contributed by atoms with van der Waals surface area (Å²) in [6.07, 6.45) is 3.62. The summed E-state index contributed by atoms with van der Waals surface area (Å²) in [7, 11) is 0. The van der Waals surface area contributed by atoms with Crippen molar-refractivity contribution < 1.29 is 9.21 Å². The largest absolute Gasteiger partial charge is 0.451 e. The number of nitrogens with zero attached hydrogens (tertiary/aromatic N) is 1. The predicted octanol–water partition coefficient (Wildman–Crippen LogP) is 3.91. The fourth-order valence-corrected chi connectivity index (χ4v) is 2.16. The molecule has 1 aromatic carbocycles. The summed E-state index contributed by atoms with van der Waals surface area (Å²) < 4.78 is 5.53. The molecule has 0 unspecified atom stereocenters. The summed E-state index contributed by atoms with van der Waals surface area (Å²) in [6.45, 7) is 0. The van der Waals surface area contributed by atoms with Gasteiger partial charge in [0.15, 0.2) is 11.3 Å². The molecule has 0 radical (unpaired) electrons. The third-order valence-corrected chi connectivity index (χ3v) is 3.16. The number of para-hydroxylation sites is 1.